The van der Waals surface area contributed by atoms with Crippen molar-refractivity contribution >= 4 is 26.2 Å². The molecule has 154 valence electrons. The SMILES string of the molecule is CC(=O)N(/N=C(\C)c1cc(P)ccc1F)C1(C)c2ccccc2OCC1CCN. The summed E-state index contributed by atoms with van der Waals surface area (Å²) in [6.07, 6.45) is 0.665. The molecule has 1 amide bonds. The van der Waals surface area contributed by atoms with E-state index in [0.29, 0.717) is 30.8 Å². The molecule has 3 atom stereocenters. The molecule has 2 aromatic carbocycles. The molecule has 0 saturated carbocycles. The summed E-state index contributed by atoms with van der Waals surface area (Å²) in [6.45, 7) is 6.06. The average Bonchev–Trinajstić information content (AvgIpc) is 2.70. The van der Waals surface area contributed by atoms with Gasteiger partial charge in [-0.2, -0.15) is 5.10 Å². The van der Waals surface area contributed by atoms with Crippen LogP contribution in [0, 0.1) is 11.7 Å². The van der Waals surface area contributed by atoms with Gasteiger partial charge in [0.1, 0.15) is 11.6 Å². The topological polar surface area (TPSA) is 67.9 Å². The zero-order chi connectivity index (χ0) is 21.2. The highest BCUT2D eigenvalue weighted by Crippen LogP contribution is 2.46. The lowest BCUT2D eigenvalue weighted by molar-refractivity contribution is -0.139. The maximum atomic E-state index is 14.4. The second-order valence-electron chi connectivity index (χ2n) is 7.48. The average molecular weight is 415 g/mol. The van der Waals surface area contributed by atoms with E-state index >= 15 is 0 Å². The molecule has 0 aromatic heterocycles. The van der Waals surface area contributed by atoms with Crippen LogP contribution in [0.4, 0.5) is 4.39 Å². The molecule has 3 unspecified atom stereocenters. The quantitative estimate of drug-likeness (QED) is 0.463. The standard InChI is InChI=1S/C22H27FN3O2P/c1-14(18-12-17(29)8-9-20(18)23)25-26(15(2)27)22(3)16(10-11-24)13-28-21-7-5-4-6-19(21)22/h4-9,12,16H,10-11,13,24,29H2,1-3H3/b25-14+. The van der Waals surface area contributed by atoms with Gasteiger partial charge in [-0.05, 0) is 50.3 Å². The summed E-state index contributed by atoms with van der Waals surface area (Å²) in [6, 6.07) is 12.4. The first-order valence-corrected chi connectivity index (χ1v) is 10.2. The first-order valence-electron chi connectivity index (χ1n) is 9.62. The second kappa shape index (κ2) is 8.60. The van der Waals surface area contributed by atoms with E-state index in [0.717, 1.165) is 16.6 Å². The van der Waals surface area contributed by atoms with Gasteiger partial charge >= 0.3 is 0 Å². The van der Waals surface area contributed by atoms with Crippen LogP contribution >= 0.6 is 9.24 Å². The van der Waals surface area contributed by atoms with Gasteiger partial charge in [0.25, 0.3) is 0 Å². The molecular formula is C22H27FN3O2P. The third-order valence-electron chi connectivity index (χ3n) is 5.55. The molecule has 0 bridgehead atoms. The minimum atomic E-state index is -0.768. The summed E-state index contributed by atoms with van der Waals surface area (Å²) in [5.74, 6) is 0.0614. The van der Waals surface area contributed by atoms with Gasteiger partial charge in [-0.25, -0.2) is 9.40 Å². The first kappa shape index (κ1) is 21.4. The normalized spacial score (nSPS) is 21.3. The number of hydrogen-bond acceptors (Lipinski definition) is 4. The van der Waals surface area contributed by atoms with Crippen molar-refractivity contribution in [3.63, 3.8) is 0 Å². The Balaban J connectivity index is 2.15. The summed E-state index contributed by atoms with van der Waals surface area (Å²) in [5, 5.41) is 6.94. The Labute approximate surface area is 173 Å². The van der Waals surface area contributed by atoms with Gasteiger partial charge in [-0.1, -0.05) is 24.3 Å². The highest BCUT2D eigenvalue weighted by molar-refractivity contribution is 7.27. The Morgan fingerprint density at radius 2 is 2.07 bits per heavy atom. The summed E-state index contributed by atoms with van der Waals surface area (Å²) < 4.78 is 20.3. The zero-order valence-corrected chi connectivity index (χ0v) is 18.1. The number of fused-ring (bicyclic) bond motifs is 1. The monoisotopic (exact) mass is 415 g/mol. The summed E-state index contributed by atoms with van der Waals surface area (Å²) in [5.41, 5.74) is 6.76. The molecule has 29 heavy (non-hydrogen) atoms. The van der Waals surface area contributed by atoms with E-state index in [2.05, 4.69) is 14.3 Å². The van der Waals surface area contributed by atoms with Crippen LogP contribution in [0.15, 0.2) is 47.6 Å². The predicted octanol–water partition coefficient (Wildman–Crippen LogP) is 3.17. The number of para-hydroxylation sites is 1. The Hall–Kier alpha value is -2.30. The number of benzene rings is 2. The van der Waals surface area contributed by atoms with Crippen molar-refractivity contribution in [2.45, 2.75) is 32.7 Å². The Morgan fingerprint density at radius 3 is 2.76 bits per heavy atom. The van der Waals surface area contributed by atoms with Crippen LogP contribution in [0.2, 0.25) is 0 Å². The largest absolute Gasteiger partial charge is 0.493 e. The van der Waals surface area contributed by atoms with E-state index < -0.39 is 5.54 Å². The third-order valence-corrected chi connectivity index (χ3v) is 5.91. The van der Waals surface area contributed by atoms with E-state index in [1.54, 1.807) is 19.1 Å². The Kier molecular flexibility index (Phi) is 6.35. The molecule has 0 fully saturated rings. The second-order valence-corrected chi connectivity index (χ2v) is 8.15. The van der Waals surface area contributed by atoms with Gasteiger partial charge < -0.3 is 10.5 Å². The number of ether oxygens (including phenoxy) is 1. The van der Waals surface area contributed by atoms with Crippen LogP contribution in [-0.4, -0.2) is 29.8 Å². The number of amides is 1. The molecule has 1 aliphatic rings. The van der Waals surface area contributed by atoms with E-state index in [-0.39, 0.29) is 17.6 Å². The fourth-order valence-corrected chi connectivity index (χ4v) is 4.22. The fraction of sp³-hybridized carbons (Fsp3) is 0.364. The zero-order valence-electron chi connectivity index (χ0n) is 17.0. The molecule has 0 spiro atoms. The van der Waals surface area contributed by atoms with Crippen LogP contribution < -0.4 is 15.8 Å². The van der Waals surface area contributed by atoms with Crippen molar-refractivity contribution in [3.8, 4) is 5.75 Å². The van der Waals surface area contributed by atoms with Crippen molar-refractivity contribution in [2.75, 3.05) is 13.2 Å². The molecule has 0 radical (unpaired) electrons. The van der Waals surface area contributed by atoms with Crippen molar-refractivity contribution in [1.29, 1.82) is 0 Å². The molecule has 2 N–H and O–H groups in total. The lowest BCUT2D eigenvalue weighted by atomic mass is 9.75. The first-order chi connectivity index (χ1) is 13.8. The van der Waals surface area contributed by atoms with E-state index in [9.17, 15) is 9.18 Å². The van der Waals surface area contributed by atoms with E-state index in [4.69, 9.17) is 10.5 Å². The molecule has 0 saturated heterocycles. The van der Waals surface area contributed by atoms with Gasteiger partial charge in [0.15, 0.2) is 0 Å². The van der Waals surface area contributed by atoms with Crippen molar-refractivity contribution in [1.82, 2.24) is 5.01 Å². The molecule has 7 heteroatoms. The van der Waals surface area contributed by atoms with Crippen LogP contribution in [-0.2, 0) is 10.3 Å². The van der Waals surface area contributed by atoms with Gasteiger partial charge in [-0.3, -0.25) is 4.79 Å². The number of carbonyl (C=O) groups excluding carboxylic acids is 1. The van der Waals surface area contributed by atoms with E-state index in [1.807, 2.05) is 31.2 Å². The highest BCUT2D eigenvalue weighted by Gasteiger charge is 2.47. The minimum absolute atomic E-state index is 0.0549. The van der Waals surface area contributed by atoms with Crippen molar-refractivity contribution in [3.05, 3.63) is 59.4 Å². The molecule has 5 nitrogen and oxygen atoms in total. The number of nitrogens with zero attached hydrogens (tertiary/aromatic N) is 2. The van der Waals surface area contributed by atoms with E-state index in [1.165, 1.54) is 18.0 Å². The summed E-state index contributed by atoms with van der Waals surface area (Å²) >= 11 is 0. The van der Waals surface area contributed by atoms with Gasteiger partial charge in [-0.15, -0.1) is 9.24 Å². The minimum Gasteiger partial charge on any atom is -0.493 e. The number of nitrogens with two attached hydrogens (primary N) is 1. The van der Waals surface area contributed by atoms with Crippen molar-refractivity contribution in [2.24, 2.45) is 16.8 Å². The summed E-state index contributed by atoms with van der Waals surface area (Å²) in [7, 11) is 2.55. The van der Waals surface area contributed by atoms with Crippen LogP contribution in [0.1, 0.15) is 38.3 Å². The maximum Gasteiger partial charge on any atom is 0.240 e. The van der Waals surface area contributed by atoms with Crippen LogP contribution in [0.5, 0.6) is 5.75 Å². The van der Waals surface area contributed by atoms with Gasteiger partial charge in [0.05, 0.1) is 17.9 Å². The third kappa shape index (κ3) is 4.05. The summed E-state index contributed by atoms with van der Waals surface area (Å²) in [4.78, 5) is 12.8. The molecule has 2 aromatic rings. The number of halogens is 1. The molecular weight excluding hydrogens is 388 g/mol. The van der Waals surface area contributed by atoms with Crippen LogP contribution in [0.25, 0.3) is 0 Å². The number of hydrogen-bond donors (Lipinski definition) is 1. The Bertz CT molecular complexity index is 949. The molecule has 1 heterocycles. The Morgan fingerprint density at radius 1 is 1.34 bits per heavy atom. The highest BCUT2D eigenvalue weighted by atomic mass is 31.0. The van der Waals surface area contributed by atoms with Crippen LogP contribution in [0.3, 0.4) is 0 Å². The molecule has 3 rings (SSSR count). The lowest BCUT2D eigenvalue weighted by Gasteiger charge is -2.47. The van der Waals surface area contributed by atoms with Gasteiger partial charge in [0, 0.05) is 24.0 Å². The van der Waals surface area contributed by atoms with Crippen molar-refractivity contribution < 1.29 is 13.9 Å². The number of hydrazone groups is 1. The number of rotatable bonds is 5. The predicted molar refractivity (Wildman–Crippen MR) is 117 cm³/mol. The molecule has 1 aliphatic heterocycles. The smallest absolute Gasteiger partial charge is 0.240 e. The van der Waals surface area contributed by atoms with Gasteiger partial charge in [0.2, 0.25) is 5.91 Å². The molecule has 0 aliphatic carbocycles. The lowest BCUT2D eigenvalue weighted by Crippen LogP contribution is -2.53. The fourth-order valence-electron chi connectivity index (χ4n) is 3.96. The maximum absolute atomic E-state index is 14.4. The number of carbonyl (C=O) groups is 1.